The molecule has 59 heavy (non-hydrogen) atoms. The van der Waals surface area contributed by atoms with Crippen molar-refractivity contribution in [3.8, 4) is 40.7 Å². The van der Waals surface area contributed by atoms with Gasteiger partial charge in [-0.2, -0.15) is 15.8 Å². The zero-order valence-corrected chi connectivity index (χ0v) is 33.6. The Morgan fingerprint density at radius 3 is 1.56 bits per heavy atom. The number of hydrogen-bond donors (Lipinski definition) is 3. The number of sulfone groups is 2. The quantitative estimate of drug-likeness (QED) is 0.169. The summed E-state index contributed by atoms with van der Waals surface area (Å²) in [5.74, 6) is 0.232. The van der Waals surface area contributed by atoms with Crippen molar-refractivity contribution in [2.24, 2.45) is 5.73 Å². The summed E-state index contributed by atoms with van der Waals surface area (Å²) < 4.78 is 49.4. The van der Waals surface area contributed by atoms with Gasteiger partial charge in [0.1, 0.15) is 52.8 Å². The number of nitriles is 3. The number of anilines is 2. The number of hydrogen-bond acceptors (Lipinski definition) is 16. The Hall–Kier alpha value is -7.43. The van der Waals surface area contributed by atoms with Gasteiger partial charge in [-0.05, 0) is 50.2 Å². The molecule has 0 spiro atoms. The monoisotopic (exact) mass is 822 g/mol. The predicted molar refractivity (Wildman–Crippen MR) is 221 cm³/mol. The molecule has 7 rings (SSSR count). The van der Waals surface area contributed by atoms with Crippen molar-refractivity contribution in [3.05, 3.63) is 119 Å². The van der Waals surface area contributed by atoms with E-state index in [-0.39, 0.29) is 32.7 Å². The minimum atomic E-state index is -3.60. The van der Waals surface area contributed by atoms with E-state index in [0.717, 1.165) is 12.5 Å². The molecule has 7 aromatic rings. The molecule has 0 bridgehead atoms. The first kappa shape index (κ1) is 41.2. The summed E-state index contributed by atoms with van der Waals surface area (Å²) in [6.45, 7) is 3.53. The Labute approximate surface area is 339 Å². The van der Waals surface area contributed by atoms with Gasteiger partial charge in [-0.25, -0.2) is 46.7 Å². The standard InChI is InChI=1S/C23H18N8O2S.C18H16N4O2S/c1-13(29-23-16(11-25)22(26)27-12-28-23)19-21(15-7-3-4-9-18(15)34(2,32)33)31-20-14(10-24)6-5-8-17(20)30-19;1-11(20)16-18(13-7-3-4-9-15(13)25(2,23)24)22-17-12(10-19)6-5-8-14(17)21-16/h3-9,12-13H,1-2H3,(H3,26,27,28,29);3-9,11H,20H2,1-2H3/t13-;11-/m00/s1. The topological polar surface area (TPSA) is 281 Å². The molecular formula is C41H34N12O4S2. The summed E-state index contributed by atoms with van der Waals surface area (Å²) in [5.41, 5.74) is 16.7. The van der Waals surface area contributed by atoms with Crippen LogP contribution in [-0.4, -0.2) is 59.3 Å². The van der Waals surface area contributed by atoms with Crippen LogP contribution in [0.3, 0.4) is 0 Å². The van der Waals surface area contributed by atoms with Crippen molar-refractivity contribution in [2.45, 2.75) is 35.7 Å². The van der Waals surface area contributed by atoms with E-state index in [1.807, 2.05) is 6.07 Å². The number of nitrogens with two attached hydrogens (primary N) is 2. The van der Waals surface area contributed by atoms with Crippen molar-refractivity contribution in [1.82, 2.24) is 29.9 Å². The van der Waals surface area contributed by atoms with Crippen LogP contribution in [0.1, 0.15) is 54.0 Å². The van der Waals surface area contributed by atoms with Crippen LogP contribution in [0, 0.1) is 34.0 Å². The molecule has 4 aromatic carbocycles. The maximum atomic E-state index is 12.5. The highest BCUT2D eigenvalue weighted by Gasteiger charge is 2.25. The normalized spacial score (nSPS) is 12.3. The number of nitrogens with zero attached hydrogens (tertiary/aromatic N) is 9. The second-order valence-electron chi connectivity index (χ2n) is 13.3. The summed E-state index contributed by atoms with van der Waals surface area (Å²) in [5, 5.41) is 31.5. The first-order valence-corrected chi connectivity index (χ1v) is 21.4. The van der Waals surface area contributed by atoms with Crippen molar-refractivity contribution in [3.63, 3.8) is 0 Å². The molecule has 2 atom stereocenters. The maximum Gasteiger partial charge on any atom is 0.176 e. The molecule has 0 radical (unpaired) electrons. The molecule has 18 heteroatoms. The molecule has 3 heterocycles. The lowest BCUT2D eigenvalue weighted by atomic mass is 10.0. The summed E-state index contributed by atoms with van der Waals surface area (Å²) in [4.78, 5) is 26.7. The van der Waals surface area contributed by atoms with E-state index in [4.69, 9.17) is 21.4 Å². The smallest absolute Gasteiger partial charge is 0.176 e. The molecule has 16 nitrogen and oxygen atoms in total. The van der Waals surface area contributed by atoms with Crippen LogP contribution >= 0.6 is 0 Å². The molecule has 0 fully saturated rings. The third-order valence-corrected chi connectivity index (χ3v) is 11.3. The molecule has 3 aromatic heterocycles. The van der Waals surface area contributed by atoms with Crippen LogP contribution in [0.2, 0.25) is 0 Å². The van der Waals surface area contributed by atoms with E-state index in [9.17, 15) is 32.6 Å². The van der Waals surface area contributed by atoms with Crippen molar-refractivity contribution < 1.29 is 16.8 Å². The molecule has 0 aliphatic rings. The number of nitrogens with one attached hydrogen (secondary N) is 1. The van der Waals surface area contributed by atoms with E-state index in [1.54, 1.807) is 86.6 Å². The first-order valence-electron chi connectivity index (χ1n) is 17.6. The Morgan fingerprint density at radius 2 is 1.10 bits per heavy atom. The van der Waals surface area contributed by atoms with E-state index in [0.29, 0.717) is 61.4 Å². The Bertz CT molecular complexity index is 3160. The number of para-hydroxylation sites is 2. The summed E-state index contributed by atoms with van der Waals surface area (Å²) in [6, 6.07) is 28.3. The van der Waals surface area contributed by atoms with E-state index in [1.165, 1.54) is 18.5 Å². The largest absolute Gasteiger partial charge is 0.382 e. The first-order chi connectivity index (χ1) is 28.1. The molecule has 294 valence electrons. The van der Waals surface area contributed by atoms with Gasteiger partial charge in [0.05, 0.1) is 60.8 Å². The molecule has 0 aliphatic heterocycles. The highest BCUT2D eigenvalue weighted by molar-refractivity contribution is 7.91. The van der Waals surface area contributed by atoms with Gasteiger partial charge in [0.2, 0.25) is 0 Å². The molecule has 0 saturated heterocycles. The van der Waals surface area contributed by atoms with Crippen LogP contribution < -0.4 is 16.8 Å². The number of fused-ring (bicyclic) bond motifs is 2. The van der Waals surface area contributed by atoms with Gasteiger partial charge in [0.15, 0.2) is 19.7 Å². The minimum absolute atomic E-state index is 0.0260. The van der Waals surface area contributed by atoms with Crippen LogP contribution in [0.15, 0.2) is 101 Å². The maximum absolute atomic E-state index is 12.5. The van der Waals surface area contributed by atoms with Gasteiger partial charge in [0.25, 0.3) is 0 Å². The van der Waals surface area contributed by atoms with Crippen LogP contribution in [0.25, 0.3) is 44.6 Å². The third kappa shape index (κ3) is 8.49. The second-order valence-corrected chi connectivity index (χ2v) is 17.2. The number of aromatic nitrogens is 6. The van der Waals surface area contributed by atoms with E-state index >= 15 is 0 Å². The van der Waals surface area contributed by atoms with E-state index < -0.39 is 31.8 Å². The van der Waals surface area contributed by atoms with Crippen molar-refractivity contribution in [2.75, 3.05) is 23.6 Å². The lowest BCUT2D eigenvalue weighted by Gasteiger charge is -2.20. The van der Waals surface area contributed by atoms with Gasteiger partial charge in [-0.15, -0.1) is 0 Å². The SMILES string of the molecule is C[C@H](N)c1nc2cccc(C#N)c2nc1-c1ccccc1S(C)(=O)=O.C[C@H](Nc1ncnc(N)c1C#N)c1nc2cccc(C#N)c2nc1-c1ccccc1S(C)(=O)=O. The highest BCUT2D eigenvalue weighted by Crippen LogP contribution is 2.35. The fourth-order valence-corrected chi connectivity index (χ4v) is 8.02. The molecule has 5 N–H and O–H groups in total. The zero-order valence-electron chi connectivity index (χ0n) is 31.9. The molecule has 0 saturated carbocycles. The van der Waals surface area contributed by atoms with Gasteiger partial charge >= 0.3 is 0 Å². The summed E-state index contributed by atoms with van der Waals surface area (Å²) in [7, 11) is -7.07. The molecule has 0 aliphatic carbocycles. The number of nitrogen functional groups attached to an aromatic ring is 1. The van der Waals surface area contributed by atoms with Gasteiger partial charge in [-0.1, -0.05) is 48.5 Å². The lowest BCUT2D eigenvalue weighted by Crippen LogP contribution is -2.15. The molecular weight excluding hydrogens is 789 g/mol. The Balaban J connectivity index is 0.000000208. The predicted octanol–water partition coefficient (Wildman–Crippen LogP) is 5.58. The van der Waals surface area contributed by atoms with Crippen LogP contribution in [0.5, 0.6) is 0 Å². The van der Waals surface area contributed by atoms with Gasteiger partial charge in [0, 0.05) is 29.7 Å². The Kier molecular flexibility index (Phi) is 11.6. The minimum Gasteiger partial charge on any atom is -0.382 e. The lowest BCUT2D eigenvalue weighted by molar-refractivity contribution is 0.600. The van der Waals surface area contributed by atoms with Crippen LogP contribution in [-0.2, 0) is 19.7 Å². The number of benzene rings is 4. The molecule has 0 unspecified atom stereocenters. The molecule has 0 amide bonds. The highest BCUT2D eigenvalue weighted by atomic mass is 32.2. The third-order valence-electron chi connectivity index (χ3n) is 8.95. The van der Waals surface area contributed by atoms with Gasteiger partial charge < -0.3 is 16.8 Å². The summed E-state index contributed by atoms with van der Waals surface area (Å²) >= 11 is 0. The zero-order chi connectivity index (χ0) is 42.6. The van der Waals surface area contributed by atoms with Crippen molar-refractivity contribution in [1.29, 1.82) is 15.8 Å². The summed E-state index contributed by atoms with van der Waals surface area (Å²) in [6.07, 6.45) is 3.49. The number of rotatable bonds is 8. The average Bonchev–Trinajstić information content (AvgIpc) is 3.21. The van der Waals surface area contributed by atoms with E-state index in [2.05, 4.69) is 37.4 Å². The van der Waals surface area contributed by atoms with Crippen LogP contribution in [0.4, 0.5) is 11.6 Å². The second kappa shape index (κ2) is 16.6. The average molecular weight is 823 g/mol. The van der Waals surface area contributed by atoms with Crippen molar-refractivity contribution >= 4 is 53.4 Å². The van der Waals surface area contributed by atoms with Gasteiger partial charge in [-0.3, -0.25) is 0 Å². The fourth-order valence-electron chi connectivity index (χ4n) is 6.24. The Morgan fingerprint density at radius 1 is 0.627 bits per heavy atom. The fraction of sp³-hybridized carbons (Fsp3) is 0.146.